The maximum absolute atomic E-state index is 15.5. The topological polar surface area (TPSA) is 354 Å². The summed E-state index contributed by atoms with van der Waals surface area (Å²) >= 11 is 0. The lowest BCUT2D eigenvalue weighted by atomic mass is 9.57. The number of pyridine rings is 2. The normalized spacial score (nSPS) is 18.4. The summed E-state index contributed by atoms with van der Waals surface area (Å²) in [6.45, 7) is 8.71. The van der Waals surface area contributed by atoms with Crippen LogP contribution >= 0.6 is 0 Å². The molecule has 3 aromatic carbocycles. The van der Waals surface area contributed by atoms with E-state index < -0.39 is 71.2 Å². The Morgan fingerprint density at radius 3 is 2.27 bits per heavy atom. The van der Waals surface area contributed by atoms with Crippen molar-refractivity contribution in [1.29, 1.82) is 0 Å². The zero-order valence-corrected chi connectivity index (χ0v) is 56.3. The Hall–Kier alpha value is -9.31. The van der Waals surface area contributed by atoms with Crippen molar-refractivity contribution in [3.05, 3.63) is 116 Å². The number of H-pyrrole nitrogens is 1. The Labute approximate surface area is 571 Å². The second kappa shape index (κ2) is 29.6. The number of nitrogens with two attached hydrogens (primary N) is 1. The van der Waals surface area contributed by atoms with Gasteiger partial charge in [-0.05, 0) is 123 Å². The summed E-state index contributed by atoms with van der Waals surface area (Å²) in [5.41, 5.74) is 11.7. The number of amides is 7. The highest BCUT2D eigenvalue weighted by molar-refractivity contribution is 6.01. The van der Waals surface area contributed by atoms with Gasteiger partial charge in [0.2, 0.25) is 41.4 Å². The van der Waals surface area contributed by atoms with Gasteiger partial charge in [0.15, 0.2) is 5.60 Å². The molecule has 4 aliphatic heterocycles. The molecule has 4 unspecified atom stereocenters. The number of aryl methyl sites for hydroxylation is 1. The maximum Gasteiger partial charge on any atom is 0.343 e. The van der Waals surface area contributed by atoms with Crippen LogP contribution in [-0.2, 0) is 84.3 Å². The van der Waals surface area contributed by atoms with E-state index in [1.807, 2.05) is 53.4 Å². The highest BCUT2D eigenvalue weighted by Gasteiger charge is 2.50. The highest BCUT2D eigenvalue weighted by atomic mass is 19.1. The fourth-order valence-corrected chi connectivity index (χ4v) is 15.1. The number of aromatic nitrogens is 5. The van der Waals surface area contributed by atoms with E-state index >= 15 is 4.39 Å². The summed E-state index contributed by atoms with van der Waals surface area (Å²) in [6, 6.07) is 15.6. The molecule has 7 amide bonds. The number of aromatic amines is 1. The smallest absolute Gasteiger partial charge is 0.343 e. The van der Waals surface area contributed by atoms with E-state index in [-0.39, 0.29) is 124 Å². The van der Waals surface area contributed by atoms with Crippen molar-refractivity contribution in [2.24, 2.45) is 23.0 Å². The number of piperidine rings is 1. The largest absolute Gasteiger partial charge is 0.458 e. The van der Waals surface area contributed by atoms with Gasteiger partial charge < -0.3 is 66.0 Å². The summed E-state index contributed by atoms with van der Waals surface area (Å²) < 4.78 is 33.7. The Morgan fingerprint density at radius 2 is 1.54 bits per heavy atom. The van der Waals surface area contributed by atoms with Crippen LogP contribution in [0.25, 0.3) is 44.8 Å². The lowest BCUT2D eigenvalue weighted by molar-refractivity contribution is -0.172. The molecule has 6 aliphatic rings. The minimum atomic E-state index is -2.06. The van der Waals surface area contributed by atoms with E-state index in [4.69, 9.17) is 24.9 Å². The van der Waals surface area contributed by atoms with Crippen LogP contribution in [0, 0.1) is 30.0 Å². The molecule has 9 N–H and O–H groups in total. The van der Waals surface area contributed by atoms with Gasteiger partial charge in [0, 0.05) is 72.1 Å². The fraction of sp³-hybridized carbons (Fsp3) is 0.500. The van der Waals surface area contributed by atoms with Crippen molar-refractivity contribution in [2.75, 3.05) is 64.1 Å². The minimum absolute atomic E-state index is 0.00821. The van der Waals surface area contributed by atoms with E-state index in [1.54, 1.807) is 38.7 Å². The standard InChI is InChI=1S/C72H86FN13O13/c1-5-72(96)49-32-55-63-47(38-86(55)69(94)48(49)39-99-70(72)95)61-51(18-17-44-41(4)50(73)33-53(78-63)60(44)61)77-57(88)36-76-67(92)52(15-10-11-24-74)79-68(93)62(40(2)3)80-56(87)20-28-97-30-31-98-29-21-58(89)84-26-22-71(23-27-84)34-43(35-71)66(91)75-25-19-59(90)85-37-42-12-6-7-13-45(42)64-65(82-83-81-64)46-14-8-9-16-54(46)85/h6-9,12-14,16,32-33,40,43,51-52,62,96H,5,10-11,15,17-31,34-39,74H2,1-4H3,(H,75,91)(H,76,92)(H,77,88)(H,79,93)(H,80,87)(H,81,82,83). The van der Waals surface area contributed by atoms with Crippen molar-refractivity contribution in [3.63, 3.8) is 0 Å². The summed E-state index contributed by atoms with van der Waals surface area (Å²) in [7, 11) is 0. The van der Waals surface area contributed by atoms with Crippen LogP contribution in [0.4, 0.5) is 10.1 Å². The number of cyclic esters (lactones) is 1. The molecule has 99 heavy (non-hydrogen) atoms. The van der Waals surface area contributed by atoms with E-state index in [0.29, 0.717) is 96.5 Å². The zero-order valence-electron chi connectivity index (χ0n) is 56.3. The molecule has 12 rings (SSSR count). The van der Waals surface area contributed by atoms with Crippen molar-refractivity contribution >= 4 is 63.9 Å². The minimum Gasteiger partial charge on any atom is -0.458 e. The van der Waals surface area contributed by atoms with Gasteiger partial charge in [-0.1, -0.05) is 63.2 Å². The number of anilines is 1. The predicted molar refractivity (Wildman–Crippen MR) is 361 cm³/mol. The van der Waals surface area contributed by atoms with Gasteiger partial charge in [0.25, 0.3) is 5.56 Å². The second-order valence-electron chi connectivity index (χ2n) is 27.2. The van der Waals surface area contributed by atoms with Crippen molar-refractivity contribution in [1.82, 2.24) is 56.4 Å². The first-order chi connectivity index (χ1) is 47.7. The number of unbranched alkanes of at least 4 members (excludes halogenated alkanes) is 1. The van der Waals surface area contributed by atoms with Gasteiger partial charge in [0.05, 0.1) is 86.7 Å². The van der Waals surface area contributed by atoms with Crippen LogP contribution in [0.3, 0.4) is 0 Å². The van der Waals surface area contributed by atoms with E-state index in [1.165, 1.54) is 10.6 Å². The Kier molecular flexibility index (Phi) is 20.8. The molecule has 26 nitrogen and oxygen atoms in total. The zero-order chi connectivity index (χ0) is 69.9. The number of esters is 1. The molecule has 0 bridgehead atoms. The first-order valence-corrected chi connectivity index (χ1v) is 34.5. The average Bonchev–Trinajstić information content (AvgIpc) is 1.60. The van der Waals surface area contributed by atoms with Crippen molar-refractivity contribution < 1.29 is 62.1 Å². The number of carbonyl (C=O) groups excluding carboxylic acids is 8. The van der Waals surface area contributed by atoms with Crippen LogP contribution in [0.1, 0.15) is 143 Å². The maximum atomic E-state index is 15.5. The molecule has 27 heteroatoms. The molecule has 1 saturated carbocycles. The molecular formula is C72H86FN13O13. The fourth-order valence-electron chi connectivity index (χ4n) is 15.1. The molecule has 7 heterocycles. The van der Waals surface area contributed by atoms with Crippen LogP contribution in [0.2, 0.25) is 0 Å². The molecule has 1 saturated heterocycles. The molecule has 2 fully saturated rings. The third-order valence-electron chi connectivity index (χ3n) is 20.7. The Balaban J connectivity index is 0.549. The predicted octanol–water partition coefficient (Wildman–Crippen LogP) is 4.84. The lowest BCUT2D eigenvalue weighted by Gasteiger charge is -2.51. The number of benzene rings is 3. The van der Waals surface area contributed by atoms with Gasteiger partial charge in [-0.25, -0.2) is 14.2 Å². The van der Waals surface area contributed by atoms with E-state index in [2.05, 4.69) is 42.0 Å². The number of ether oxygens (including phenoxy) is 3. The number of fused-ring (bicyclic) bond motifs is 10. The first-order valence-electron chi connectivity index (χ1n) is 34.5. The van der Waals surface area contributed by atoms with Crippen LogP contribution in [0.15, 0.2) is 65.5 Å². The molecule has 0 radical (unpaired) electrons. The molecule has 1 spiro atoms. The monoisotopic (exact) mass is 1360 g/mol. The number of halogens is 1. The number of nitrogens with zero attached hydrogens (tertiary/aromatic N) is 6. The number of aliphatic hydroxyl groups is 1. The van der Waals surface area contributed by atoms with Crippen LogP contribution in [0.5, 0.6) is 0 Å². The van der Waals surface area contributed by atoms with Crippen LogP contribution in [-0.4, -0.2) is 154 Å². The third kappa shape index (κ3) is 14.2. The molecule has 2 aliphatic carbocycles. The van der Waals surface area contributed by atoms with Gasteiger partial charge in [0.1, 0.15) is 35.9 Å². The third-order valence-corrected chi connectivity index (χ3v) is 20.7. The molecule has 6 aromatic rings. The van der Waals surface area contributed by atoms with Crippen molar-refractivity contribution in [2.45, 2.75) is 155 Å². The lowest BCUT2D eigenvalue weighted by Crippen LogP contribution is -2.56. The number of para-hydroxylation sites is 1. The van der Waals surface area contributed by atoms with Crippen molar-refractivity contribution in [3.8, 4) is 33.9 Å². The van der Waals surface area contributed by atoms with Gasteiger partial charge >= 0.3 is 5.97 Å². The summed E-state index contributed by atoms with van der Waals surface area (Å²) in [4.78, 5) is 131. The highest BCUT2D eigenvalue weighted by Crippen LogP contribution is 2.53. The quantitative estimate of drug-likeness (QED) is 0.0266. The number of likely N-dealkylation sites (tertiary alicyclic amines) is 1. The average molecular weight is 1360 g/mol. The van der Waals surface area contributed by atoms with E-state index in [9.17, 15) is 48.3 Å². The molecule has 524 valence electrons. The molecule has 3 aromatic heterocycles. The Morgan fingerprint density at radius 1 is 0.818 bits per heavy atom. The number of carbonyl (C=O) groups is 8. The number of nitrogens with one attached hydrogen (secondary N) is 6. The molecule has 4 atom stereocenters. The number of hydrogen-bond acceptors (Lipinski definition) is 17. The Bertz CT molecular complexity index is 4210. The van der Waals surface area contributed by atoms with Gasteiger partial charge in [-0.2, -0.15) is 15.4 Å². The number of rotatable bonds is 26. The van der Waals surface area contributed by atoms with Gasteiger partial charge in [-0.15, -0.1) is 0 Å². The number of hydrogen-bond donors (Lipinski definition) is 8. The summed E-state index contributed by atoms with van der Waals surface area (Å²) in [6.07, 6.45) is 5.23. The first kappa shape index (κ1) is 69.6. The van der Waals surface area contributed by atoms with E-state index in [0.717, 1.165) is 59.3 Å². The SMILES string of the molecule is CCC1(O)C(=O)OCc2c1cc1n(c2=O)Cc2c-1nc1cc(F)c(C)c3c1c2C(NC(=O)CNC(=O)C(CCCCN)NC(=O)C(NC(=O)CCOCCOCCC(=O)N1CCC2(CC1)CC(C(=O)NCCC(=O)N1Cc4ccccc4-c4n[nH]nc4-c4ccccc41)C2)C(C)C)CC3. The van der Waals surface area contributed by atoms with Gasteiger partial charge in [-0.3, -0.25) is 38.4 Å². The second-order valence-corrected chi connectivity index (χ2v) is 27.2. The molecular weight excluding hydrogens is 1270 g/mol. The summed E-state index contributed by atoms with van der Waals surface area (Å²) in [5, 5.41) is 38.1. The summed E-state index contributed by atoms with van der Waals surface area (Å²) in [5.74, 6) is -4.30. The van der Waals surface area contributed by atoms with Crippen LogP contribution < -0.4 is 42.8 Å².